The van der Waals surface area contributed by atoms with Crippen molar-refractivity contribution in [1.82, 2.24) is 0 Å². The van der Waals surface area contributed by atoms with E-state index >= 15 is 0 Å². The molecule has 16 heavy (non-hydrogen) atoms. The minimum atomic E-state index is -0.00378. The summed E-state index contributed by atoms with van der Waals surface area (Å²) in [5.41, 5.74) is 1.77. The van der Waals surface area contributed by atoms with Crippen LogP contribution in [0.5, 0.6) is 0 Å². The number of nitrogens with zero attached hydrogens (tertiary/aromatic N) is 1. The molecule has 0 aliphatic carbocycles. The number of aliphatic hydroxyl groups is 2. The van der Waals surface area contributed by atoms with Crippen molar-refractivity contribution in [2.45, 2.75) is 13.0 Å². The molecule has 1 saturated heterocycles. The van der Waals surface area contributed by atoms with Gasteiger partial charge in [-0.15, -0.1) is 0 Å². The van der Waals surface area contributed by atoms with E-state index in [1.54, 1.807) is 0 Å². The molecule has 1 unspecified atom stereocenters. The van der Waals surface area contributed by atoms with Crippen molar-refractivity contribution in [3.05, 3.63) is 28.8 Å². The van der Waals surface area contributed by atoms with Gasteiger partial charge in [0.05, 0.1) is 17.3 Å². The standard InChI is InChI=1S/C12H16ClNO2/c13-11-3-1-2-10(8-16)12(11)14-5-4-9(6-14)7-15/h1-3,9,15-16H,4-8H2. The molecule has 0 aromatic heterocycles. The zero-order valence-electron chi connectivity index (χ0n) is 9.06. The zero-order chi connectivity index (χ0) is 11.5. The lowest BCUT2D eigenvalue weighted by atomic mass is 10.1. The maximum atomic E-state index is 9.29. The van der Waals surface area contributed by atoms with Crippen LogP contribution < -0.4 is 4.90 Å². The summed E-state index contributed by atoms with van der Waals surface area (Å²) in [7, 11) is 0. The summed E-state index contributed by atoms with van der Waals surface area (Å²) in [5.74, 6) is 0.322. The lowest BCUT2D eigenvalue weighted by molar-refractivity contribution is 0.238. The second-order valence-corrected chi connectivity index (χ2v) is 4.60. The number of hydrogen-bond acceptors (Lipinski definition) is 3. The predicted octanol–water partition coefficient (Wildman–Crippen LogP) is 1.65. The van der Waals surface area contributed by atoms with Gasteiger partial charge in [-0.3, -0.25) is 0 Å². The van der Waals surface area contributed by atoms with Gasteiger partial charge in [-0.25, -0.2) is 0 Å². The van der Waals surface area contributed by atoms with Crippen molar-refractivity contribution < 1.29 is 10.2 Å². The van der Waals surface area contributed by atoms with Gasteiger partial charge in [0, 0.05) is 31.2 Å². The Kier molecular flexibility index (Phi) is 3.69. The highest BCUT2D eigenvalue weighted by atomic mass is 35.5. The third-order valence-corrected chi connectivity index (χ3v) is 3.41. The maximum absolute atomic E-state index is 9.29. The topological polar surface area (TPSA) is 43.7 Å². The van der Waals surface area contributed by atoms with Crippen LogP contribution in [0.1, 0.15) is 12.0 Å². The molecule has 0 spiro atoms. The molecule has 1 heterocycles. The molecule has 1 atom stereocenters. The van der Waals surface area contributed by atoms with E-state index < -0.39 is 0 Å². The van der Waals surface area contributed by atoms with E-state index in [0.717, 1.165) is 30.8 Å². The van der Waals surface area contributed by atoms with Gasteiger partial charge in [0.15, 0.2) is 0 Å². The summed E-state index contributed by atoms with van der Waals surface area (Å²) in [4.78, 5) is 2.15. The van der Waals surface area contributed by atoms with Crippen LogP contribution in [-0.4, -0.2) is 29.9 Å². The van der Waals surface area contributed by atoms with Gasteiger partial charge in [0.25, 0.3) is 0 Å². The lowest BCUT2D eigenvalue weighted by Crippen LogP contribution is -2.22. The summed E-state index contributed by atoms with van der Waals surface area (Å²) in [6.45, 7) is 1.92. The van der Waals surface area contributed by atoms with Gasteiger partial charge in [0.1, 0.15) is 0 Å². The zero-order valence-corrected chi connectivity index (χ0v) is 9.82. The van der Waals surface area contributed by atoms with E-state index in [4.69, 9.17) is 16.7 Å². The highest BCUT2D eigenvalue weighted by molar-refractivity contribution is 6.33. The third-order valence-electron chi connectivity index (χ3n) is 3.10. The first-order chi connectivity index (χ1) is 7.76. The molecular weight excluding hydrogens is 226 g/mol. The Morgan fingerprint density at radius 3 is 2.81 bits per heavy atom. The van der Waals surface area contributed by atoms with Crippen LogP contribution in [-0.2, 0) is 6.61 Å². The Balaban J connectivity index is 2.26. The van der Waals surface area contributed by atoms with Gasteiger partial charge >= 0.3 is 0 Å². The summed E-state index contributed by atoms with van der Waals surface area (Å²) in [6, 6.07) is 5.56. The molecule has 0 bridgehead atoms. The quantitative estimate of drug-likeness (QED) is 0.846. The molecule has 1 aromatic carbocycles. The monoisotopic (exact) mass is 241 g/mol. The molecule has 0 amide bonds. The molecule has 88 valence electrons. The Hall–Kier alpha value is -0.770. The highest BCUT2D eigenvalue weighted by Crippen LogP contribution is 2.33. The Bertz CT molecular complexity index is 370. The maximum Gasteiger partial charge on any atom is 0.0702 e. The summed E-state index contributed by atoms with van der Waals surface area (Å²) < 4.78 is 0. The van der Waals surface area contributed by atoms with E-state index in [9.17, 15) is 5.11 Å². The first-order valence-electron chi connectivity index (χ1n) is 5.50. The minimum absolute atomic E-state index is 0.00378. The van der Waals surface area contributed by atoms with Crippen LogP contribution >= 0.6 is 11.6 Å². The summed E-state index contributed by atoms with van der Waals surface area (Å²) >= 11 is 6.16. The normalized spacial score (nSPS) is 20.4. The van der Waals surface area contributed by atoms with Gasteiger partial charge in [-0.05, 0) is 12.5 Å². The number of rotatable bonds is 3. The van der Waals surface area contributed by atoms with E-state index in [0.29, 0.717) is 10.9 Å². The molecule has 0 saturated carbocycles. The van der Waals surface area contributed by atoms with Gasteiger partial charge in [-0.2, -0.15) is 0 Å². The van der Waals surface area contributed by atoms with Crippen LogP contribution in [0.25, 0.3) is 0 Å². The average molecular weight is 242 g/mol. The molecule has 1 aromatic rings. The van der Waals surface area contributed by atoms with Crippen LogP contribution in [0.2, 0.25) is 5.02 Å². The highest BCUT2D eigenvalue weighted by Gasteiger charge is 2.24. The molecule has 2 rings (SSSR count). The first-order valence-corrected chi connectivity index (χ1v) is 5.88. The fourth-order valence-corrected chi connectivity index (χ4v) is 2.54. The summed E-state index contributed by atoms with van der Waals surface area (Å²) in [6.07, 6.45) is 0.979. The SMILES string of the molecule is OCc1cccc(Cl)c1N1CCC(CO)C1. The van der Waals surface area contributed by atoms with E-state index in [2.05, 4.69) is 4.90 Å². The van der Waals surface area contributed by atoms with Crippen LogP contribution in [0.3, 0.4) is 0 Å². The number of aliphatic hydroxyl groups excluding tert-OH is 2. The summed E-state index contributed by atoms with van der Waals surface area (Å²) in [5, 5.41) is 19.1. The van der Waals surface area contributed by atoms with Gasteiger partial charge < -0.3 is 15.1 Å². The minimum Gasteiger partial charge on any atom is -0.396 e. The van der Waals surface area contributed by atoms with Crippen molar-refractivity contribution in [3.63, 3.8) is 0 Å². The van der Waals surface area contributed by atoms with Crippen molar-refractivity contribution >= 4 is 17.3 Å². The van der Waals surface area contributed by atoms with Crippen LogP contribution in [0.15, 0.2) is 18.2 Å². The van der Waals surface area contributed by atoms with Crippen molar-refractivity contribution in [2.24, 2.45) is 5.92 Å². The number of halogens is 1. The van der Waals surface area contributed by atoms with E-state index in [1.807, 2.05) is 18.2 Å². The molecule has 1 aliphatic heterocycles. The van der Waals surface area contributed by atoms with Crippen molar-refractivity contribution in [1.29, 1.82) is 0 Å². The smallest absolute Gasteiger partial charge is 0.0702 e. The third kappa shape index (κ3) is 2.17. The Morgan fingerprint density at radius 2 is 2.19 bits per heavy atom. The molecule has 1 fully saturated rings. The second-order valence-electron chi connectivity index (χ2n) is 4.19. The van der Waals surface area contributed by atoms with E-state index in [1.165, 1.54) is 0 Å². The molecule has 1 aliphatic rings. The fourth-order valence-electron chi connectivity index (χ4n) is 2.23. The largest absolute Gasteiger partial charge is 0.396 e. The molecule has 2 N–H and O–H groups in total. The molecular formula is C12H16ClNO2. The number of benzene rings is 1. The van der Waals surface area contributed by atoms with Gasteiger partial charge in [0.2, 0.25) is 0 Å². The average Bonchev–Trinajstić information content (AvgIpc) is 2.76. The number of hydrogen-bond donors (Lipinski definition) is 2. The Morgan fingerprint density at radius 1 is 1.38 bits per heavy atom. The predicted molar refractivity (Wildman–Crippen MR) is 64.8 cm³/mol. The fraction of sp³-hybridized carbons (Fsp3) is 0.500. The molecule has 4 heteroatoms. The second kappa shape index (κ2) is 5.04. The van der Waals surface area contributed by atoms with Gasteiger partial charge in [-0.1, -0.05) is 23.7 Å². The Labute approximate surface area is 100 Å². The number of anilines is 1. The first kappa shape index (κ1) is 11.7. The lowest BCUT2D eigenvalue weighted by Gasteiger charge is -2.22. The van der Waals surface area contributed by atoms with Crippen LogP contribution in [0, 0.1) is 5.92 Å². The van der Waals surface area contributed by atoms with Crippen LogP contribution in [0.4, 0.5) is 5.69 Å². The molecule has 0 radical (unpaired) electrons. The van der Waals surface area contributed by atoms with Crippen molar-refractivity contribution in [3.8, 4) is 0 Å². The van der Waals surface area contributed by atoms with Crippen molar-refractivity contribution in [2.75, 3.05) is 24.6 Å². The van der Waals surface area contributed by atoms with E-state index in [-0.39, 0.29) is 13.2 Å². The molecule has 3 nitrogen and oxygen atoms in total. The number of para-hydroxylation sites is 1.